The lowest BCUT2D eigenvalue weighted by atomic mass is 10.1. The average Bonchev–Trinajstić information content (AvgIpc) is 3.13. The molecule has 0 bridgehead atoms. The van der Waals surface area contributed by atoms with Gasteiger partial charge in [-0.25, -0.2) is 13.3 Å². The molecular weight excluding hydrogens is 509 g/mol. The van der Waals surface area contributed by atoms with Gasteiger partial charge >= 0.3 is 0 Å². The van der Waals surface area contributed by atoms with E-state index in [2.05, 4.69) is 0 Å². The summed E-state index contributed by atoms with van der Waals surface area (Å²) < 4.78 is 28.6. The molecule has 1 atom stereocenters. The molecule has 4 rings (SSSR count). The number of nitrogens with zero attached hydrogens (tertiary/aromatic N) is 3. The number of amides is 2. The second-order valence-corrected chi connectivity index (χ2v) is 10.8. The lowest BCUT2D eigenvalue weighted by Gasteiger charge is -2.27. The molecule has 1 aliphatic rings. The van der Waals surface area contributed by atoms with Gasteiger partial charge in [0.15, 0.2) is 0 Å². The van der Waals surface area contributed by atoms with E-state index in [1.165, 1.54) is 42.5 Å². The van der Waals surface area contributed by atoms with Crippen LogP contribution in [-0.4, -0.2) is 30.6 Å². The van der Waals surface area contributed by atoms with E-state index in [1.807, 2.05) is 25.1 Å². The minimum atomic E-state index is -4.34. The molecular formula is C25H19Cl2N3O4S. The largest absolute Gasteiger partial charge is 0.274 e. The van der Waals surface area contributed by atoms with Crippen molar-refractivity contribution in [1.82, 2.24) is 4.31 Å². The number of benzene rings is 3. The Bertz CT molecular complexity index is 1450. The zero-order valence-corrected chi connectivity index (χ0v) is 20.8. The first-order valence-corrected chi connectivity index (χ1v) is 12.7. The van der Waals surface area contributed by atoms with Crippen molar-refractivity contribution in [3.05, 3.63) is 93.5 Å². The molecule has 1 heterocycles. The van der Waals surface area contributed by atoms with E-state index in [-0.39, 0.29) is 33.6 Å². The van der Waals surface area contributed by atoms with Crippen LogP contribution < -0.4 is 4.90 Å². The SMILES string of the molecule is Cc1ccc(CN(C2CC(=O)N(c3ccc(C#N)cc3)C2=O)S(=O)(=O)c2cc(Cl)ccc2Cl)cc1. The summed E-state index contributed by atoms with van der Waals surface area (Å²) in [4.78, 5) is 27.1. The molecule has 35 heavy (non-hydrogen) atoms. The summed E-state index contributed by atoms with van der Waals surface area (Å²) in [6, 6.07) is 17.8. The molecule has 2 amide bonds. The average molecular weight is 528 g/mol. The predicted molar refractivity (Wildman–Crippen MR) is 132 cm³/mol. The van der Waals surface area contributed by atoms with Crippen molar-refractivity contribution in [2.45, 2.75) is 30.8 Å². The number of hydrogen-bond acceptors (Lipinski definition) is 5. The lowest BCUT2D eigenvalue weighted by molar-refractivity contribution is -0.122. The Labute approximate surface area is 213 Å². The van der Waals surface area contributed by atoms with Crippen LogP contribution in [0, 0.1) is 18.3 Å². The summed E-state index contributed by atoms with van der Waals surface area (Å²) in [5.74, 6) is -1.24. The van der Waals surface area contributed by atoms with Crippen LogP contribution in [0.5, 0.6) is 0 Å². The van der Waals surface area contributed by atoms with Gasteiger partial charge in [0.25, 0.3) is 5.91 Å². The van der Waals surface area contributed by atoms with E-state index in [9.17, 15) is 18.0 Å². The zero-order chi connectivity index (χ0) is 25.3. The zero-order valence-electron chi connectivity index (χ0n) is 18.5. The maximum atomic E-state index is 13.8. The van der Waals surface area contributed by atoms with Crippen LogP contribution in [0.3, 0.4) is 0 Å². The van der Waals surface area contributed by atoms with Crippen LogP contribution in [-0.2, 0) is 26.2 Å². The molecule has 0 aromatic heterocycles. The molecule has 10 heteroatoms. The van der Waals surface area contributed by atoms with Gasteiger partial charge < -0.3 is 0 Å². The first kappa shape index (κ1) is 24.9. The quantitative estimate of drug-likeness (QED) is 0.432. The highest BCUT2D eigenvalue weighted by Crippen LogP contribution is 2.34. The molecule has 0 aliphatic carbocycles. The Kier molecular flexibility index (Phi) is 6.97. The summed E-state index contributed by atoms with van der Waals surface area (Å²) in [6.07, 6.45) is -0.345. The fourth-order valence-corrected chi connectivity index (χ4v) is 6.14. The molecule has 3 aromatic carbocycles. The molecule has 0 saturated carbocycles. The first-order chi connectivity index (χ1) is 16.6. The third-order valence-electron chi connectivity index (χ3n) is 5.66. The maximum absolute atomic E-state index is 13.8. The Morgan fingerprint density at radius 1 is 1.03 bits per heavy atom. The Hall–Kier alpha value is -3.22. The van der Waals surface area contributed by atoms with E-state index in [4.69, 9.17) is 28.5 Å². The molecule has 1 fully saturated rings. The lowest BCUT2D eigenvalue weighted by Crippen LogP contribution is -2.45. The number of carbonyl (C=O) groups excluding carboxylic acids is 2. The Morgan fingerprint density at radius 3 is 2.31 bits per heavy atom. The number of rotatable bonds is 6. The number of anilines is 1. The minimum Gasteiger partial charge on any atom is -0.274 e. The normalized spacial score (nSPS) is 16.1. The van der Waals surface area contributed by atoms with Crippen LogP contribution in [0.1, 0.15) is 23.1 Å². The summed E-state index contributed by atoms with van der Waals surface area (Å²) in [5, 5.41) is 9.13. The van der Waals surface area contributed by atoms with Gasteiger partial charge in [-0.3, -0.25) is 9.59 Å². The third-order valence-corrected chi connectivity index (χ3v) is 8.24. The third kappa shape index (κ3) is 4.95. The van der Waals surface area contributed by atoms with Gasteiger partial charge in [-0.15, -0.1) is 0 Å². The van der Waals surface area contributed by atoms with Gasteiger partial charge in [0.05, 0.1) is 28.8 Å². The number of imide groups is 1. The highest BCUT2D eigenvalue weighted by atomic mass is 35.5. The van der Waals surface area contributed by atoms with Gasteiger partial charge in [-0.1, -0.05) is 53.0 Å². The number of sulfonamides is 1. The van der Waals surface area contributed by atoms with E-state index >= 15 is 0 Å². The van der Waals surface area contributed by atoms with E-state index in [1.54, 1.807) is 12.1 Å². The standard InChI is InChI=1S/C25H19Cl2N3O4S/c1-16-2-4-18(5-3-16)15-29(35(33,34)23-12-19(26)8-11-21(23)27)22-13-24(31)30(25(22)32)20-9-6-17(14-28)7-10-20/h2-12,22H,13,15H2,1H3. The van der Waals surface area contributed by atoms with E-state index in [0.29, 0.717) is 11.1 Å². The maximum Gasteiger partial charge on any atom is 0.252 e. The summed E-state index contributed by atoms with van der Waals surface area (Å²) in [5.41, 5.74) is 2.24. The van der Waals surface area contributed by atoms with Crippen molar-refractivity contribution in [3.63, 3.8) is 0 Å². The summed E-state index contributed by atoms with van der Waals surface area (Å²) >= 11 is 12.3. The molecule has 178 valence electrons. The predicted octanol–water partition coefficient (Wildman–Crippen LogP) is 4.70. The van der Waals surface area contributed by atoms with Gasteiger partial charge in [0, 0.05) is 11.6 Å². The highest BCUT2D eigenvalue weighted by Gasteiger charge is 2.47. The van der Waals surface area contributed by atoms with Crippen LogP contribution in [0.25, 0.3) is 0 Å². The molecule has 0 spiro atoms. The number of aryl methyl sites for hydroxylation is 1. The van der Waals surface area contributed by atoms with Crippen molar-refractivity contribution >= 4 is 50.7 Å². The Balaban J connectivity index is 1.78. The van der Waals surface area contributed by atoms with Crippen molar-refractivity contribution in [2.24, 2.45) is 0 Å². The fourth-order valence-electron chi connectivity index (χ4n) is 3.83. The van der Waals surface area contributed by atoms with Crippen molar-refractivity contribution in [2.75, 3.05) is 4.90 Å². The number of hydrogen-bond donors (Lipinski definition) is 0. The molecule has 1 unspecified atom stereocenters. The summed E-state index contributed by atoms with van der Waals surface area (Å²) in [6.45, 7) is 1.75. The monoisotopic (exact) mass is 527 g/mol. The molecule has 3 aromatic rings. The van der Waals surface area contributed by atoms with Gasteiger partial charge in [0.2, 0.25) is 15.9 Å². The van der Waals surface area contributed by atoms with Gasteiger partial charge in [-0.05, 0) is 55.0 Å². The molecule has 7 nitrogen and oxygen atoms in total. The van der Waals surface area contributed by atoms with Crippen molar-refractivity contribution in [1.29, 1.82) is 5.26 Å². The summed E-state index contributed by atoms with van der Waals surface area (Å²) in [7, 11) is -4.34. The fraction of sp³-hybridized carbons (Fsp3) is 0.160. The molecule has 1 saturated heterocycles. The number of nitriles is 1. The number of carbonyl (C=O) groups is 2. The van der Waals surface area contributed by atoms with Crippen molar-refractivity contribution in [3.8, 4) is 6.07 Å². The second-order valence-electron chi connectivity index (χ2n) is 8.06. The van der Waals surface area contributed by atoms with Crippen molar-refractivity contribution < 1.29 is 18.0 Å². The van der Waals surface area contributed by atoms with Gasteiger partial charge in [-0.2, -0.15) is 9.57 Å². The molecule has 1 aliphatic heterocycles. The van der Waals surface area contributed by atoms with Crippen LogP contribution in [0.2, 0.25) is 10.0 Å². The second kappa shape index (κ2) is 9.80. The number of halogens is 2. The van der Waals surface area contributed by atoms with Crippen LogP contribution in [0.15, 0.2) is 71.6 Å². The topological polar surface area (TPSA) is 98.5 Å². The highest BCUT2D eigenvalue weighted by molar-refractivity contribution is 7.89. The molecule has 0 N–H and O–H groups in total. The minimum absolute atomic E-state index is 0.0518. The van der Waals surface area contributed by atoms with E-state index < -0.39 is 27.9 Å². The van der Waals surface area contributed by atoms with Gasteiger partial charge in [0.1, 0.15) is 10.9 Å². The molecule has 0 radical (unpaired) electrons. The Morgan fingerprint density at radius 2 is 1.69 bits per heavy atom. The smallest absolute Gasteiger partial charge is 0.252 e. The van der Waals surface area contributed by atoms with E-state index in [0.717, 1.165) is 14.8 Å². The first-order valence-electron chi connectivity index (χ1n) is 10.5. The van der Waals surface area contributed by atoms with Crippen LogP contribution in [0.4, 0.5) is 5.69 Å². The van der Waals surface area contributed by atoms with Crippen LogP contribution >= 0.6 is 23.2 Å².